The zero-order valence-corrected chi connectivity index (χ0v) is 16.4. The number of amides is 1. The summed E-state index contributed by atoms with van der Waals surface area (Å²) >= 11 is 6.23. The molecule has 0 saturated carbocycles. The number of hydrogen-bond donors (Lipinski definition) is 2. The number of rotatable bonds is 5. The largest absolute Gasteiger partial charge is 0.486 e. The Morgan fingerprint density at radius 3 is 2.76 bits per heavy atom. The van der Waals surface area contributed by atoms with Gasteiger partial charge in [-0.05, 0) is 30.7 Å². The molecule has 2 N–H and O–H groups in total. The van der Waals surface area contributed by atoms with E-state index >= 15 is 0 Å². The van der Waals surface area contributed by atoms with Crippen LogP contribution in [0.15, 0.2) is 47.0 Å². The number of ether oxygens (including phenoxy) is 2. The third-order valence-corrected chi connectivity index (χ3v) is 4.96. The van der Waals surface area contributed by atoms with Crippen LogP contribution in [0.2, 0.25) is 5.02 Å². The van der Waals surface area contributed by atoms with Gasteiger partial charge in [-0.25, -0.2) is 0 Å². The van der Waals surface area contributed by atoms with Crippen LogP contribution in [-0.2, 0) is 0 Å². The first-order valence-corrected chi connectivity index (χ1v) is 9.49. The van der Waals surface area contributed by atoms with Crippen molar-refractivity contribution in [3.63, 3.8) is 0 Å². The minimum atomic E-state index is -0.918. The number of halogens is 1. The monoisotopic (exact) mass is 414 g/mol. The molecule has 0 bridgehead atoms. The van der Waals surface area contributed by atoms with Crippen LogP contribution in [0, 0.1) is 6.92 Å². The predicted octanol–water partition coefficient (Wildman–Crippen LogP) is 3.54. The molecule has 3 aromatic rings. The molecule has 8 heteroatoms. The summed E-state index contributed by atoms with van der Waals surface area (Å²) in [4.78, 5) is 12.8. The predicted molar refractivity (Wildman–Crippen MR) is 106 cm³/mol. The van der Waals surface area contributed by atoms with E-state index < -0.39 is 12.0 Å². The standard InChI is InChI=1S/C21H19ClN2O5/c1-12-19(20(24-29-12)14-4-2-3-5-15(14)22)21(26)23-11-16(25)13-6-7-17-18(10-13)28-9-8-27-17/h2-7,10,16,25H,8-9,11H2,1H3,(H,23,26). The number of aliphatic hydroxyl groups is 1. The van der Waals surface area contributed by atoms with E-state index in [0.29, 0.717) is 52.3 Å². The minimum Gasteiger partial charge on any atom is -0.486 e. The van der Waals surface area contributed by atoms with Crippen LogP contribution in [0.5, 0.6) is 11.5 Å². The molecule has 0 radical (unpaired) electrons. The van der Waals surface area contributed by atoms with Crippen molar-refractivity contribution in [2.45, 2.75) is 13.0 Å². The Hall–Kier alpha value is -3.03. The molecule has 7 nitrogen and oxygen atoms in total. The van der Waals surface area contributed by atoms with Crippen molar-refractivity contribution in [3.8, 4) is 22.8 Å². The van der Waals surface area contributed by atoms with Crippen LogP contribution in [0.3, 0.4) is 0 Å². The number of carbonyl (C=O) groups is 1. The van der Waals surface area contributed by atoms with Crippen LogP contribution in [0.4, 0.5) is 0 Å². The maximum atomic E-state index is 12.8. The van der Waals surface area contributed by atoms with Crippen LogP contribution in [0.25, 0.3) is 11.3 Å². The summed E-state index contributed by atoms with van der Waals surface area (Å²) in [5.41, 5.74) is 1.86. The Kier molecular flexibility index (Phi) is 5.42. The average Bonchev–Trinajstić information content (AvgIpc) is 3.13. The summed E-state index contributed by atoms with van der Waals surface area (Å²) in [7, 11) is 0. The van der Waals surface area contributed by atoms with Gasteiger partial charge in [0.05, 0.1) is 11.1 Å². The van der Waals surface area contributed by atoms with Crippen molar-refractivity contribution in [2.24, 2.45) is 0 Å². The number of nitrogens with one attached hydrogen (secondary N) is 1. The lowest BCUT2D eigenvalue weighted by Gasteiger charge is -2.20. The lowest BCUT2D eigenvalue weighted by Crippen LogP contribution is -2.29. The Bertz CT molecular complexity index is 1050. The SMILES string of the molecule is Cc1onc(-c2ccccc2Cl)c1C(=O)NCC(O)c1ccc2c(c1)OCCO2. The Balaban J connectivity index is 1.49. The highest BCUT2D eigenvalue weighted by Crippen LogP contribution is 2.33. The molecular weight excluding hydrogens is 396 g/mol. The summed E-state index contributed by atoms with van der Waals surface area (Å²) < 4.78 is 16.2. The maximum absolute atomic E-state index is 12.8. The lowest BCUT2D eigenvalue weighted by molar-refractivity contribution is 0.0915. The number of nitrogens with zero attached hydrogens (tertiary/aromatic N) is 1. The number of aryl methyl sites for hydroxylation is 1. The van der Waals surface area contributed by atoms with Crippen molar-refractivity contribution < 1.29 is 23.9 Å². The van der Waals surface area contributed by atoms with Gasteiger partial charge in [-0.2, -0.15) is 0 Å². The fourth-order valence-electron chi connectivity index (χ4n) is 3.14. The quantitative estimate of drug-likeness (QED) is 0.663. The molecule has 4 rings (SSSR count). The average molecular weight is 415 g/mol. The molecule has 1 unspecified atom stereocenters. The fraction of sp³-hybridized carbons (Fsp3) is 0.238. The Labute approximate surface area is 172 Å². The molecule has 150 valence electrons. The second-order valence-corrected chi connectivity index (χ2v) is 6.98. The number of aromatic nitrogens is 1. The molecule has 0 saturated heterocycles. The minimum absolute atomic E-state index is 0.00502. The van der Waals surface area contributed by atoms with E-state index in [-0.39, 0.29) is 12.1 Å². The molecular formula is C21H19ClN2O5. The molecule has 0 aliphatic carbocycles. The second-order valence-electron chi connectivity index (χ2n) is 6.57. The first-order chi connectivity index (χ1) is 14.0. The Morgan fingerprint density at radius 2 is 1.97 bits per heavy atom. The summed E-state index contributed by atoms with van der Waals surface area (Å²) in [6, 6.07) is 12.3. The fourth-order valence-corrected chi connectivity index (χ4v) is 3.36. The zero-order valence-electron chi connectivity index (χ0n) is 15.6. The highest BCUT2D eigenvalue weighted by atomic mass is 35.5. The third kappa shape index (κ3) is 3.92. The van der Waals surface area contributed by atoms with Crippen LogP contribution in [-0.4, -0.2) is 35.9 Å². The van der Waals surface area contributed by atoms with E-state index in [2.05, 4.69) is 10.5 Å². The summed E-state index contributed by atoms with van der Waals surface area (Å²) in [5, 5.41) is 17.7. The van der Waals surface area contributed by atoms with E-state index in [1.807, 2.05) is 0 Å². The van der Waals surface area contributed by atoms with Crippen LogP contribution < -0.4 is 14.8 Å². The maximum Gasteiger partial charge on any atom is 0.257 e. The highest BCUT2D eigenvalue weighted by Gasteiger charge is 2.24. The van der Waals surface area contributed by atoms with E-state index in [1.54, 1.807) is 49.4 Å². The van der Waals surface area contributed by atoms with Crippen molar-refractivity contribution >= 4 is 17.5 Å². The molecule has 1 aromatic heterocycles. The number of hydrogen-bond acceptors (Lipinski definition) is 6. The molecule has 0 fully saturated rings. The molecule has 1 amide bonds. The third-order valence-electron chi connectivity index (χ3n) is 4.63. The number of carbonyl (C=O) groups excluding carboxylic acids is 1. The Morgan fingerprint density at radius 1 is 1.21 bits per heavy atom. The normalized spacial score (nSPS) is 13.8. The summed E-state index contributed by atoms with van der Waals surface area (Å²) in [5.74, 6) is 1.18. The van der Waals surface area contributed by atoms with Crippen molar-refractivity contribution in [3.05, 3.63) is 64.4 Å². The highest BCUT2D eigenvalue weighted by molar-refractivity contribution is 6.33. The summed E-state index contributed by atoms with van der Waals surface area (Å²) in [6.45, 7) is 2.61. The van der Waals surface area contributed by atoms with Crippen molar-refractivity contribution in [1.82, 2.24) is 10.5 Å². The van der Waals surface area contributed by atoms with Gasteiger partial charge in [0.15, 0.2) is 11.5 Å². The van der Waals surface area contributed by atoms with E-state index in [0.717, 1.165) is 0 Å². The van der Waals surface area contributed by atoms with Gasteiger partial charge in [0, 0.05) is 12.1 Å². The van der Waals surface area contributed by atoms with Gasteiger partial charge in [0.25, 0.3) is 5.91 Å². The van der Waals surface area contributed by atoms with E-state index in [4.69, 9.17) is 25.6 Å². The zero-order chi connectivity index (χ0) is 20.4. The number of benzene rings is 2. The molecule has 2 heterocycles. The molecule has 0 spiro atoms. The first kappa shape index (κ1) is 19.3. The molecule has 1 atom stereocenters. The topological polar surface area (TPSA) is 93.8 Å². The molecule has 1 aliphatic rings. The van der Waals surface area contributed by atoms with Crippen LogP contribution >= 0.6 is 11.6 Å². The van der Waals surface area contributed by atoms with Gasteiger partial charge in [-0.3, -0.25) is 4.79 Å². The summed E-state index contributed by atoms with van der Waals surface area (Å²) in [6.07, 6.45) is -0.918. The van der Waals surface area contributed by atoms with Gasteiger partial charge >= 0.3 is 0 Å². The van der Waals surface area contributed by atoms with E-state index in [9.17, 15) is 9.90 Å². The molecule has 1 aliphatic heterocycles. The van der Waals surface area contributed by atoms with Gasteiger partial charge in [-0.1, -0.05) is 41.0 Å². The number of aliphatic hydroxyl groups excluding tert-OH is 1. The molecule has 2 aromatic carbocycles. The number of fused-ring (bicyclic) bond motifs is 1. The first-order valence-electron chi connectivity index (χ1n) is 9.11. The van der Waals surface area contributed by atoms with Gasteiger partial charge < -0.3 is 24.4 Å². The van der Waals surface area contributed by atoms with Gasteiger partial charge in [0.2, 0.25) is 0 Å². The van der Waals surface area contributed by atoms with Crippen molar-refractivity contribution in [2.75, 3.05) is 19.8 Å². The van der Waals surface area contributed by atoms with E-state index in [1.165, 1.54) is 0 Å². The lowest BCUT2D eigenvalue weighted by atomic mass is 10.0. The van der Waals surface area contributed by atoms with Crippen molar-refractivity contribution in [1.29, 1.82) is 0 Å². The molecule has 29 heavy (non-hydrogen) atoms. The van der Waals surface area contributed by atoms with Gasteiger partial charge in [-0.15, -0.1) is 0 Å². The van der Waals surface area contributed by atoms with Gasteiger partial charge in [0.1, 0.15) is 30.2 Å². The second kappa shape index (κ2) is 8.14. The van der Waals surface area contributed by atoms with Crippen LogP contribution in [0.1, 0.15) is 27.8 Å². The smallest absolute Gasteiger partial charge is 0.257 e.